The SMILES string of the molecule is CCNC(=NCC1CCCO1)NCCc1nc2ccccc2[nH]1.I. The average molecular weight is 443 g/mol. The number of aromatic amines is 1. The van der Waals surface area contributed by atoms with E-state index < -0.39 is 0 Å². The number of benzene rings is 1. The molecule has 132 valence electrons. The number of nitrogens with zero attached hydrogens (tertiary/aromatic N) is 2. The van der Waals surface area contributed by atoms with Crippen LogP contribution in [-0.2, 0) is 11.2 Å². The van der Waals surface area contributed by atoms with Crippen molar-refractivity contribution in [3.8, 4) is 0 Å². The minimum Gasteiger partial charge on any atom is -0.376 e. The molecule has 7 heteroatoms. The fourth-order valence-electron chi connectivity index (χ4n) is 2.75. The van der Waals surface area contributed by atoms with Crippen LogP contribution < -0.4 is 10.6 Å². The third-order valence-corrected chi connectivity index (χ3v) is 3.91. The van der Waals surface area contributed by atoms with E-state index in [1.54, 1.807) is 0 Å². The molecule has 0 spiro atoms. The van der Waals surface area contributed by atoms with Gasteiger partial charge in [-0.15, -0.1) is 24.0 Å². The summed E-state index contributed by atoms with van der Waals surface area (Å²) in [5.41, 5.74) is 2.10. The van der Waals surface area contributed by atoms with Crippen molar-refractivity contribution in [2.75, 3.05) is 26.2 Å². The number of guanidine groups is 1. The van der Waals surface area contributed by atoms with Gasteiger partial charge < -0.3 is 20.4 Å². The molecule has 0 saturated carbocycles. The van der Waals surface area contributed by atoms with Crippen LogP contribution in [0.5, 0.6) is 0 Å². The summed E-state index contributed by atoms with van der Waals surface area (Å²) in [6.07, 6.45) is 3.37. The van der Waals surface area contributed by atoms with Crippen molar-refractivity contribution in [1.82, 2.24) is 20.6 Å². The fraction of sp³-hybridized carbons (Fsp3) is 0.529. The fourth-order valence-corrected chi connectivity index (χ4v) is 2.75. The number of fused-ring (bicyclic) bond motifs is 1. The third kappa shape index (κ3) is 5.34. The molecule has 3 rings (SSSR count). The molecular formula is C17H26IN5O. The van der Waals surface area contributed by atoms with E-state index in [2.05, 4.69) is 32.5 Å². The van der Waals surface area contributed by atoms with Crippen molar-refractivity contribution in [1.29, 1.82) is 0 Å². The first-order valence-corrected chi connectivity index (χ1v) is 8.42. The number of para-hydroxylation sites is 2. The number of rotatable bonds is 6. The van der Waals surface area contributed by atoms with Crippen LogP contribution in [0, 0.1) is 0 Å². The molecule has 3 N–H and O–H groups in total. The normalized spacial score (nSPS) is 17.7. The van der Waals surface area contributed by atoms with Crippen molar-refractivity contribution in [2.24, 2.45) is 4.99 Å². The number of aliphatic imine (C=N–C) groups is 1. The predicted octanol–water partition coefficient (Wildman–Crippen LogP) is 2.46. The van der Waals surface area contributed by atoms with Crippen molar-refractivity contribution in [3.05, 3.63) is 30.1 Å². The zero-order chi connectivity index (χ0) is 15.9. The molecule has 0 radical (unpaired) electrons. The molecule has 1 fully saturated rings. The van der Waals surface area contributed by atoms with Crippen molar-refractivity contribution < 1.29 is 4.74 Å². The van der Waals surface area contributed by atoms with E-state index in [4.69, 9.17) is 4.74 Å². The molecule has 0 bridgehead atoms. The Hall–Kier alpha value is -1.35. The second-order valence-corrected chi connectivity index (χ2v) is 5.73. The Balaban J connectivity index is 0.00000208. The van der Waals surface area contributed by atoms with Gasteiger partial charge in [0.05, 0.1) is 23.7 Å². The molecule has 1 aromatic heterocycles. The van der Waals surface area contributed by atoms with E-state index in [1.165, 1.54) is 0 Å². The molecule has 24 heavy (non-hydrogen) atoms. The van der Waals surface area contributed by atoms with Gasteiger partial charge in [0.1, 0.15) is 5.82 Å². The number of halogens is 1. The number of hydrogen-bond acceptors (Lipinski definition) is 3. The first-order valence-electron chi connectivity index (χ1n) is 8.42. The predicted molar refractivity (Wildman–Crippen MR) is 108 cm³/mol. The van der Waals surface area contributed by atoms with Crippen LogP contribution in [0.25, 0.3) is 11.0 Å². The molecule has 0 amide bonds. The highest BCUT2D eigenvalue weighted by Gasteiger charge is 2.14. The van der Waals surface area contributed by atoms with Gasteiger partial charge in [-0.3, -0.25) is 4.99 Å². The van der Waals surface area contributed by atoms with Gasteiger partial charge in [-0.1, -0.05) is 12.1 Å². The number of nitrogens with one attached hydrogen (secondary N) is 3. The number of hydrogen-bond donors (Lipinski definition) is 3. The van der Waals surface area contributed by atoms with Crippen LogP contribution in [-0.4, -0.2) is 48.3 Å². The summed E-state index contributed by atoms with van der Waals surface area (Å²) >= 11 is 0. The Morgan fingerprint density at radius 2 is 2.25 bits per heavy atom. The van der Waals surface area contributed by atoms with Crippen molar-refractivity contribution in [3.63, 3.8) is 0 Å². The Labute approximate surface area is 159 Å². The van der Waals surface area contributed by atoms with Gasteiger partial charge in [0.2, 0.25) is 0 Å². The van der Waals surface area contributed by atoms with Crippen LogP contribution in [0.1, 0.15) is 25.6 Å². The van der Waals surface area contributed by atoms with Crippen molar-refractivity contribution >= 4 is 41.0 Å². The number of imidazole rings is 1. The van der Waals surface area contributed by atoms with Gasteiger partial charge >= 0.3 is 0 Å². The topological polar surface area (TPSA) is 74.3 Å². The Bertz CT molecular complexity index is 618. The van der Waals surface area contributed by atoms with Crippen LogP contribution in [0.4, 0.5) is 0 Å². The second kappa shape index (κ2) is 9.83. The van der Waals surface area contributed by atoms with E-state index in [9.17, 15) is 0 Å². The van der Waals surface area contributed by atoms with Gasteiger partial charge in [-0.2, -0.15) is 0 Å². The largest absolute Gasteiger partial charge is 0.376 e. The van der Waals surface area contributed by atoms with Gasteiger partial charge in [0.25, 0.3) is 0 Å². The maximum atomic E-state index is 5.61. The van der Waals surface area contributed by atoms with E-state index >= 15 is 0 Å². The van der Waals surface area contributed by atoms with Gasteiger partial charge in [0.15, 0.2) is 5.96 Å². The molecule has 1 atom stereocenters. The highest BCUT2D eigenvalue weighted by atomic mass is 127. The lowest BCUT2D eigenvalue weighted by Gasteiger charge is -2.12. The molecule has 1 aliphatic heterocycles. The monoisotopic (exact) mass is 443 g/mol. The molecule has 2 heterocycles. The maximum Gasteiger partial charge on any atom is 0.191 e. The van der Waals surface area contributed by atoms with E-state index in [-0.39, 0.29) is 30.1 Å². The zero-order valence-electron chi connectivity index (χ0n) is 14.0. The van der Waals surface area contributed by atoms with Crippen LogP contribution in [0.15, 0.2) is 29.3 Å². The first kappa shape index (κ1) is 19.0. The average Bonchev–Trinajstić information content (AvgIpc) is 3.21. The summed E-state index contributed by atoms with van der Waals surface area (Å²) in [6, 6.07) is 8.10. The Morgan fingerprint density at radius 3 is 3.00 bits per heavy atom. The number of aromatic nitrogens is 2. The lowest BCUT2D eigenvalue weighted by molar-refractivity contribution is 0.117. The lowest BCUT2D eigenvalue weighted by Crippen LogP contribution is -2.39. The molecule has 6 nitrogen and oxygen atoms in total. The summed E-state index contributed by atoms with van der Waals surface area (Å²) in [6.45, 7) is 5.30. The summed E-state index contributed by atoms with van der Waals surface area (Å²) in [7, 11) is 0. The molecule has 1 aliphatic rings. The second-order valence-electron chi connectivity index (χ2n) is 5.73. The van der Waals surface area contributed by atoms with Crippen LogP contribution in [0.3, 0.4) is 0 Å². The summed E-state index contributed by atoms with van der Waals surface area (Å²) in [5, 5.41) is 6.63. The minimum absolute atomic E-state index is 0. The standard InChI is InChI=1S/C17H25N5O.HI/c1-2-18-17(20-12-13-6-5-11-23-13)19-10-9-16-21-14-7-3-4-8-15(14)22-16;/h3-4,7-8,13H,2,5-6,9-12H2,1H3,(H,21,22)(H2,18,19,20);1H. The molecule has 1 saturated heterocycles. The third-order valence-electron chi connectivity index (χ3n) is 3.91. The highest BCUT2D eigenvalue weighted by molar-refractivity contribution is 14.0. The van der Waals surface area contributed by atoms with Gasteiger partial charge in [-0.05, 0) is 31.9 Å². The zero-order valence-corrected chi connectivity index (χ0v) is 16.4. The Morgan fingerprint density at radius 1 is 1.38 bits per heavy atom. The number of ether oxygens (including phenoxy) is 1. The molecular weight excluding hydrogens is 417 g/mol. The molecule has 1 aromatic carbocycles. The Kier molecular flexibility index (Phi) is 7.77. The van der Waals surface area contributed by atoms with Crippen molar-refractivity contribution in [2.45, 2.75) is 32.3 Å². The summed E-state index contributed by atoms with van der Waals surface area (Å²) in [4.78, 5) is 12.5. The highest BCUT2D eigenvalue weighted by Crippen LogP contribution is 2.12. The minimum atomic E-state index is 0. The van der Waals surface area contributed by atoms with E-state index in [1.807, 2.05) is 24.3 Å². The summed E-state index contributed by atoms with van der Waals surface area (Å²) in [5.74, 6) is 1.84. The summed E-state index contributed by atoms with van der Waals surface area (Å²) < 4.78 is 5.61. The molecule has 1 unspecified atom stereocenters. The quantitative estimate of drug-likeness (QED) is 0.365. The maximum absolute atomic E-state index is 5.61. The molecule has 2 aromatic rings. The van der Waals surface area contributed by atoms with Crippen LogP contribution in [0.2, 0.25) is 0 Å². The smallest absolute Gasteiger partial charge is 0.191 e. The van der Waals surface area contributed by atoms with Crippen LogP contribution >= 0.6 is 24.0 Å². The number of H-pyrrole nitrogens is 1. The first-order chi connectivity index (χ1) is 11.3. The van der Waals surface area contributed by atoms with Gasteiger partial charge in [0, 0.05) is 26.1 Å². The molecule has 0 aliphatic carbocycles. The van der Waals surface area contributed by atoms with E-state index in [0.29, 0.717) is 0 Å². The lowest BCUT2D eigenvalue weighted by atomic mass is 10.2. The van der Waals surface area contributed by atoms with Gasteiger partial charge in [-0.25, -0.2) is 4.98 Å². The van der Waals surface area contributed by atoms with E-state index in [0.717, 1.165) is 68.3 Å².